The van der Waals surface area contributed by atoms with Crippen LogP contribution in [0.15, 0.2) is 0 Å². The van der Waals surface area contributed by atoms with Crippen LogP contribution < -0.4 is 0 Å². The lowest BCUT2D eigenvalue weighted by Crippen LogP contribution is -2.07. The molecule has 0 unspecified atom stereocenters. The molecule has 0 amide bonds. The fourth-order valence-electron chi connectivity index (χ4n) is 0. The summed E-state index contributed by atoms with van der Waals surface area (Å²) in [6.07, 6.45) is 0. The lowest BCUT2D eigenvalue weighted by atomic mass is 10.3. The van der Waals surface area contributed by atoms with E-state index in [1.54, 1.807) is 16.0 Å². The van der Waals surface area contributed by atoms with Gasteiger partial charge >= 0.3 is 0 Å². The van der Waals surface area contributed by atoms with Gasteiger partial charge in [-0.2, -0.15) is 0 Å². The van der Waals surface area contributed by atoms with E-state index in [4.69, 9.17) is 5.21 Å². The van der Waals surface area contributed by atoms with E-state index in [1.165, 1.54) is 0 Å². The van der Waals surface area contributed by atoms with Crippen molar-refractivity contribution in [2.24, 2.45) is 0 Å². The fraction of sp³-hybridized carbons (Fsp3) is 0. The third-order valence-corrected chi connectivity index (χ3v) is 0. The molecule has 0 aliphatic heterocycles. The van der Waals surface area contributed by atoms with Crippen LogP contribution in [0.25, 0.3) is 0 Å². The quantitative estimate of drug-likeness (QED) is 0.251. The first kappa shape index (κ1) is 4.05. The molecule has 0 aromatic heterocycles. The van der Waals surface area contributed by atoms with E-state index in [9.17, 15) is 0 Å². The molecule has 0 bridgehead atoms. The van der Waals surface area contributed by atoms with E-state index in [0.717, 1.165) is 4.89 Å². The van der Waals surface area contributed by atoms with Crippen molar-refractivity contribution in [1.29, 1.82) is 0 Å². The lowest BCUT2D eigenvalue weighted by molar-refractivity contribution is 0.102. The minimum Gasteiger partial charge on any atom is -0.338 e. The van der Waals surface area contributed by atoms with Crippen LogP contribution in [0.1, 0.15) is 0 Å². The molecule has 0 atom stereocenters. The molecule has 4 heavy (non-hydrogen) atoms. The zero-order chi connectivity index (χ0) is 3.58. The Hall–Kier alpha value is 0.0499. The Morgan fingerprint density at radius 3 is 1.50 bits per heavy atom. The molecular weight excluding hydrogens is 51.6 g/mol. The largest absolute Gasteiger partial charge is 0.338 e. The van der Waals surface area contributed by atoms with Crippen LogP contribution in [-0.2, 0) is 0 Å². The molecule has 2 nitrogen and oxygen atoms in total. The predicted octanol–water partition coefficient (Wildman–Crippen LogP) is -2.23. The maximum atomic E-state index is 7.89. The van der Waals surface area contributed by atoms with Gasteiger partial charge in [0.05, 0.1) is 0 Å². The molecule has 0 radical (unpaired) electrons. The second-order valence-electron chi connectivity index (χ2n) is 0.847. The summed E-state index contributed by atoms with van der Waals surface area (Å²) in [5.74, 6) is 0. The number of nitrogens with zero attached hydrogens (tertiary/aromatic N) is 1. The van der Waals surface area contributed by atoms with Crippen LogP contribution in [0, 0.1) is 0 Å². The first-order valence-electron chi connectivity index (χ1n) is 1.09. The van der Waals surface area contributed by atoms with Crippen LogP contribution >= 0.6 is 0 Å². The van der Waals surface area contributed by atoms with Crippen LogP contribution in [0.4, 0.5) is 0 Å². The number of hydrogen-bond acceptors (Lipinski definition) is 2. The number of rotatable bonds is 0. The highest BCUT2D eigenvalue weighted by atomic mass is 16.5. The van der Waals surface area contributed by atoms with Gasteiger partial charge in [0, 0.05) is 0 Å². The third kappa shape index (κ3) is 908. The summed E-state index contributed by atoms with van der Waals surface area (Å²) >= 11 is 0. The van der Waals surface area contributed by atoms with Crippen molar-refractivity contribution in [1.82, 2.24) is 4.89 Å². The molecule has 0 aromatic rings. The molecule has 0 aliphatic rings. The zero-order valence-corrected chi connectivity index (χ0v) is 2.89. The van der Waals surface area contributed by atoms with Crippen LogP contribution in [0.5, 0.6) is 0 Å². The molecule has 0 fully saturated rings. The molecule has 0 rings (SSSR count). The van der Waals surface area contributed by atoms with Crippen molar-refractivity contribution < 1.29 is 5.21 Å². The van der Waals surface area contributed by atoms with Crippen molar-refractivity contribution >= 4 is 16.0 Å². The van der Waals surface area contributed by atoms with Crippen LogP contribution in [0.3, 0.4) is 0 Å². The predicted molar refractivity (Wildman–Crippen MR) is 20.7 cm³/mol. The van der Waals surface area contributed by atoms with Gasteiger partial charge in [0.15, 0.2) is 0 Å². The topological polar surface area (TPSA) is 23.5 Å². The lowest BCUT2D eigenvalue weighted by Gasteiger charge is -1.89. The summed E-state index contributed by atoms with van der Waals surface area (Å²) in [5, 5.41) is 7.89. The summed E-state index contributed by atoms with van der Waals surface area (Å²) in [6, 6.07) is 0. The maximum absolute atomic E-state index is 7.89. The van der Waals surface area contributed by atoms with E-state index in [1.807, 2.05) is 0 Å². The van der Waals surface area contributed by atoms with Crippen molar-refractivity contribution in [3.63, 3.8) is 0 Å². The second-order valence-corrected chi connectivity index (χ2v) is 0.847. The van der Waals surface area contributed by atoms with Crippen LogP contribution in [-0.4, -0.2) is 26.1 Å². The molecule has 0 aliphatic carbocycles. The average molecular weight is 56.7 g/mol. The summed E-state index contributed by atoms with van der Waals surface area (Å²) < 4.78 is 0. The number of hydrogen-bond donors (Lipinski definition) is 1. The Kier molecular flexibility index (Phi) is 1.39. The highest BCUT2D eigenvalue weighted by Crippen LogP contribution is 1.40. The minimum absolute atomic E-state index is 1.00. The Morgan fingerprint density at radius 1 is 1.50 bits per heavy atom. The SMILES string of the molecule is BN(B)O. The summed E-state index contributed by atoms with van der Waals surface area (Å²) in [6.45, 7) is 0. The standard InChI is InChI=1S/B2H5NO/c1-3(2)4/h4H,1-2H2. The van der Waals surface area contributed by atoms with Crippen molar-refractivity contribution in [2.45, 2.75) is 0 Å². The summed E-state index contributed by atoms with van der Waals surface area (Å²) in [7, 11) is 3.11. The zero-order valence-electron chi connectivity index (χ0n) is 2.89. The van der Waals surface area contributed by atoms with E-state index < -0.39 is 0 Å². The Morgan fingerprint density at radius 2 is 1.50 bits per heavy atom. The van der Waals surface area contributed by atoms with Gasteiger partial charge in [-0.15, -0.1) is 0 Å². The van der Waals surface area contributed by atoms with Gasteiger partial charge in [-0.25, -0.2) is 0 Å². The van der Waals surface area contributed by atoms with Gasteiger partial charge in [-0.1, -0.05) is 0 Å². The van der Waals surface area contributed by atoms with Gasteiger partial charge in [-0.3, -0.25) is 4.89 Å². The smallest absolute Gasteiger partial charge is 0.202 e. The molecular formula is H5B2NO. The molecule has 0 aromatic carbocycles. The Bertz CT molecular complexity index is 10.8. The molecule has 0 spiro atoms. The highest BCUT2D eigenvalue weighted by Gasteiger charge is 1.63. The Balaban J connectivity index is 2.32. The minimum atomic E-state index is 1.00. The molecule has 0 saturated carbocycles. The third-order valence-electron chi connectivity index (χ3n) is 0. The molecule has 0 heterocycles. The Labute approximate surface area is 27.2 Å². The molecule has 22 valence electrons. The van der Waals surface area contributed by atoms with Crippen molar-refractivity contribution in [2.75, 3.05) is 0 Å². The average Bonchev–Trinajstić information content (AvgIpc) is 0.811. The van der Waals surface area contributed by atoms with E-state index in [2.05, 4.69) is 0 Å². The molecule has 4 heteroatoms. The van der Waals surface area contributed by atoms with Gasteiger partial charge < -0.3 is 5.21 Å². The molecule has 0 saturated heterocycles. The van der Waals surface area contributed by atoms with Gasteiger partial charge in [0.25, 0.3) is 0 Å². The van der Waals surface area contributed by atoms with E-state index in [-0.39, 0.29) is 0 Å². The monoisotopic (exact) mass is 57.1 g/mol. The maximum Gasteiger partial charge on any atom is 0.202 e. The summed E-state index contributed by atoms with van der Waals surface area (Å²) in [5.41, 5.74) is 0. The fourth-order valence-corrected chi connectivity index (χ4v) is 0. The molecule has 1 N–H and O–H groups in total. The van der Waals surface area contributed by atoms with Gasteiger partial charge in [-0.05, 0) is 0 Å². The highest BCUT2D eigenvalue weighted by molar-refractivity contribution is 6.23. The van der Waals surface area contributed by atoms with Crippen molar-refractivity contribution in [3.8, 4) is 0 Å². The normalized spacial score (nSPS) is 8.50. The van der Waals surface area contributed by atoms with E-state index in [0.29, 0.717) is 0 Å². The first-order chi connectivity index (χ1) is 1.73. The van der Waals surface area contributed by atoms with E-state index >= 15 is 0 Å². The van der Waals surface area contributed by atoms with Crippen LogP contribution in [0.2, 0.25) is 0 Å². The first-order valence-corrected chi connectivity index (χ1v) is 1.09. The summed E-state index contributed by atoms with van der Waals surface area (Å²) in [4.78, 5) is 1.00. The second kappa shape index (κ2) is 1.38. The van der Waals surface area contributed by atoms with Crippen molar-refractivity contribution in [3.05, 3.63) is 0 Å². The van der Waals surface area contributed by atoms with Gasteiger partial charge in [0.2, 0.25) is 16.0 Å². The van der Waals surface area contributed by atoms with Gasteiger partial charge in [0.1, 0.15) is 0 Å².